The highest BCUT2D eigenvalue weighted by Crippen LogP contribution is 2.27. The van der Waals surface area contributed by atoms with Crippen LogP contribution in [-0.2, 0) is 4.74 Å². The highest BCUT2D eigenvalue weighted by Gasteiger charge is 2.44. The molecule has 0 bridgehead atoms. The van der Waals surface area contributed by atoms with Crippen molar-refractivity contribution in [2.75, 3.05) is 6.61 Å². The molecule has 2 rings (SSSR count). The lowest BCUT2D eigenvalue weighted by Gasteiger charge is -2.16. The Labute approximate surface area is 121 Å². The third-order valence-electron chi connectivity index (χ3n) is 3.05. The number of nitrogens with one attached hydrogen (secondary N) is 1. The fourth-order valence-electron chi connectivity index (χ4n) is 2.01. The van der Waals surface area contributed by atoms with Gasteiger partial charge in [-0.05, 0) is 11.1 Å². The van der Waals surface area contributed by atoms with Crippen LogP contribution in [0.5, 0.6) is 0 Å². The van der Waals surface area contributed by atoms with Crippen molar-refractivity contribution in [3.8, 4) is 0 Å². The summed E-state index contributed by atoms with van der Waals surface area (Å²) >= 11 is 3.01. The van der Waals surface area contributed by atoms with Crippen LogP contribution in [0.3, 0.4) is 0 Å². The van der Waals surface area contributed by atoms with Gasteiger partial charge in [0.05, 0.1) is 12.2 Å². The maximum absolute atomic E-state index is 12.1. The minimum Gasteiger partial charge on any atom is -0.394 e. The molecule has 1 aromatic rings. The number of aromatic amines is 1. The molecule has 0 aliphatic carbocycles. The predicted molar refractivity (Wildman–Crippen MR) is 72.3 cm³/mol. The molecule has 0 spiro atoms. The van der Waals surface area contributed by atoms with Crippen molar-refractivity contribution in [2.45, 2.75) is 24.5 Å². The fourth-order valence-corrected chi connectivity index (χ4v) is 2.30. The molecule has 0 amide bonds. The molecule has 4 N–H and O–H groups in total. The predicted octanol–water partition coefficient (Wildman–Crippen LogP) is -1.49. The van der Waals surface area contributed by atoms with Crippen LogP contribution >= 0.6 is 15.9 Å². The van der Waals surface area contributed by atoms with Crippen LogP contribution in [0.1, 0.15) is 11.8 Å². The summed E-state index contributed by atoms with van der Waals surface area (Å²) in [4.78, 5) is 27.7. The fraction of sp³-hybridized carbons (Fsp3) is 0.455. The first-order valence-corrected chi connectivity index (χ1v) is 6.66. The topological polar surface area (TPSA) is 125 Å². The van der Waals surface area contributed by atoms with Gasteiger partial charge in [0, 0.05) is 6.20 Å². The molecule has 9 heteroatoms. The summed E-state index contributed by atoms with van der Waals surface area (Å²) < 4.78 is 5.85. The van der Waals surface area contributed by atoms with Gasteiger partial charge in [0.25, 0.3) is 5.56 Å². The van der Waals surface area contributed by atoms with Crippen LogP contribution in [-0.4, -0.2) is 49.8 Å². The zero-order chi connectivity index (χ0) is 14.9. The lowest BCUT2D eigenvalue weighted by Crippen LogP contribution is -2.43. The Balaban J connectivity index is 2.51. The highest BCUT2D eigenvalue weighted by atomic mass is 79.9. The second-order valence-corrected chi connectivity index (χ2v) is 4.77. The largest absolute Gasteiger partial charge is 0.394 e. The standard InChI is InChI=1S/C11H13BrN2O6/c12-2-1-5-3-13-11(19)14(9(5)18)10-8(17)7(16)6(4-15)20-10/h1-3,6-8,10,15-17H,4H2,(H,13,19)/t6-,7-,8+,10?/m1/s1. The number of aliphatic hydroxyl groups excluding tert-OH is 3. The quantitative estimate of drug-likeness (QED) is 0.527. The first-order valence-electron chi connectivity index (χ1n) is 5.74. The van der Waals surface area contributed by atoms with Crippen LogP contribution in [0.15, 0.2) is 20.8 Å². The van der Waals surface area contributed by atoms with Crippen molar-refractivity contribution in [1.82, 2.24) is 9.55 Å². The lowest BCUT2D eigenvalue weighted by atomic mass is 10.1. The third-order valence-corrected chi connectivity index (χ3v) is 3.31. The molecule has 1 fully saturated rings. The summed E-state index contributed by atoms with van der Waals surface area (Å²) in [5.74, 6) is 0. The molecule has 1 aliphatic heterocycles. The Morgan fingerprint density at radius 3 is 2.65 bits per heavy atom. The number of nitrogens with zero attached hydrogens (tertiary/aromatic N) is 1. The summed E-state index contributed by atoms with van der Waals surface area (Å²) in [6.45, 7) is -0.539. The number of aromatic nitrogens is 2. The van der Waals surface area contributed by atoms with Crippen LogP contribution in [0.2, 0.25) is 0 Å². The van der Waals surface area contributed by atoms with E-state index in [1.54, 1.807) is 0 Å². The first-order chi connectivity index (χ1) is 9.51. The van der Waals surface area contributed by atoms with E-state index in [0.717, 1.165) is 0 Å². The maximum atomic E-state index is 12.1. The van der Waals surface area contributed by atoms with Gasteiger partial charge in [-0.3, -0.25) is 4.79 Å². The molecule has 20 heavy (non-hydrogen) atoms. The van der Waals surface area contributed by atoms with E-state index in [-0.39, 0.29) is 5.56 Å². The van der Waals surface area contributed by atoms with Gasteiger partial charge < -0.3 is 25.0 Å². The van der Waals surface area contributed by atoms with Gasteiger partial charge >= 0.3 is 5.69 Å². The number of aliphatic hydroxyl groups is 3. The monoisotopic (exact) mass is 348 g/mol. The van der Waals surface area contributed by atoms with E-state index >= 15 is 0 Å². The second-order valence-electron chi connectivity index (χ2n) is 4.25. The van der Waals surface area contributed by atoms with Crippen LogP contribution in [0.4, 0.5) is 0 Å². The van der Waals surface area contributed by atoms with E-state index in [2.05, 4.69) is 20.9 Å². The van der Waals surface area contributed by atoms with Crippen LogP contribution in [0, 0.1) is 0 Å². The van der Waals surface area contributed by atoms with Crippen LogP contribution < -0.4 is 11.2 Å². The summed E-state index contributed by atoms with van der Waals surface area (Å²) in [6, 6.07) is 0. The molecule has 1 saturated heterocycles. The molecule has 8 nitrogen and oxygen atoms in total. The Morgan fingerprint density at radius 2 is 2.10 bits per heavy atom. The summed E-state index contributed by atoms with van der Waals surface area (Å²) in [6.07, 6.45) is -2.66. The van der Waals surface area contributed by atoms with Gasteiger partial charge in [-0.2, -0.15) is 0 Å². The van der Waals surface area contributed by atoms with Crippen molar-refractivity contribution in [3.05, 3.63) is 37.6 Å². The number of hydrogen-bond acceptors (Lipinski definition) is 6. The number of halogens is 1. The minimum absolute atomic E-state index is 0.166. The van der Waals surface area contributed by atoms with E-state index in [4.69, 9.17) is 9.84 Å². The number of H-pyrrole nitrogens is 1. The molecule has 0 aromatic carbocycles. The minimum atomic E-state index is -1.49. The van der Waals surface area contributed by atoms with Gasteiger partial charge in [-0.25, -0.2) is 9.36 Å². The van der Waals surface area contributed by atoms with Crippen molar-refractivity contribution in [3.63, 3.8) is 0 Å². The Hall–Kier alpha value is -1.26. The molecule has 2 heterocycles. The molecular weight excluding hydrogens is 336 g/mol. The average Bonchev–Trinajstić information content (AvgIpc) is 2.70. The van der Waals surface area contributed by atoms with E-state index in [9.17, 15) is 19.8 Å². The van der Waals surface area contributed by atoms with Crippen LogP contribution in [0.25, 0.3) is 6.08 Å². The van der Waals surface area contributed by atoms with Gasteiger partial charge in [-0.15, -0.1) is 0 Å². The Morgan fingerprint density at radius 1 is 1.40 bits per heavy atom. The zero-order valence-electron chi connectivity index (χ0n) is 10.1. The first kappa shape index (κ1) is 15.1. The Kier molecular flexibility index (Phi) is 4.55. The van der Waals surface area contributed by atoms with E-state index < -0.39 is 42.4 Å². The number of ether oxygens (including phenoxy) is 1. The summed E-state index contributed by atoms with van der Waals surface area (Å²) in [5, 5.41) is 28.5. The molecule has 4 atom stereocenters. The SMILES string of the molecule is O=c1[nH]cc(C=CBr)c(=O)n1C1O[C@H](CO)[C@@H](O)[C@@H]1O. The van der Waals surface area contributed by atoms with E-state index in [1.165, 1.54) is 17.3 Å². The average molecular weight is 349 g/mol. The number of rotatable bonds is 3. The molecular formula is C11H13BrN2O6. The maximum Gasteiger partial charge on any atom is 0.330 e. The summed E-state index contributed by atoms with van der Waals surface area (Å²) in [5.41, 5.74) is -1.30. The summed E-state index contributed by atoms with van der Waals surface area (Å²) in [7, 11) is 0. The molecule has 1 aliphatic rings. The third kappa shape index (κ3) is 2.50. The normalized spacial score (nSPS) is 30.2. The second kappa shape index (κ2) is 6.02. The smallest absolute Gasteiger partial charge is 0.330 e. The zero-order valence-corrected chi connectivity index (χ0v) is 11.7. The van der Waals surface area contributed by atoms with Crippen molar-refractivity contribution in [2.24, 2.45) is 0 Å². The van der Waals surface area contributed by atoms with Gasteiger partial charge in [0.2, 0.25) is 0 Å². The van der Waals surface area contributed by atoms with Gasteiger partial charge in [0.1, 0.15) is 18.3 Å². The lowest BCUT2D eigenvalue weighted by molar-refractivity contribution is -0.0565. The van der Waals surface area contributed by atoms with Gasteiger partial charge in [0.15, 0.2) is 6.23 Å². The molecule has 1 unspecified atom stereocenters. The van der Waals surface area contributed by atoms with Crippen molar-refractivity contribution >= 4 is 22.0 Å². The molecule has 110 valence electrons. The highest BCUT2D eigenvalue weighted by molar-refractivity contribution is 9.11. The molecule has 0 radical (unpaired) electrons. The van der Waals surface area contributed by atoms with Crippen molar-refractivity contribution < 1.29 is 20.1 Å². The number of hydrogen-bond donors (Lipinski definition) is 4. The van der Waals surface area contributed by atoms with E-state index in [0.29, 0.717) is 4.57 Å². The van der Waals surface area contributed by atoms with Gasteiger partial charge in [-0.1, -0.05) is 15.9 Å². The molecule has 0 saturated carbocycles. The Bertz CT molecular complexity index is 624. The molecule has 1 aromatic heterocycles. The van der Waals surface area contributed by atoms with Crippen molar-refractivity contribution in [1.29, 1.82) is 0 Å². The van der Waals surface area contributed by atoms with E-state index in [1.807, 2.05) is 0 Å².